The van der Waals surface area contributed by atoms with Gasteiger partial charge < -0.3 is 45.1 Å². The third-order valence-electron chi connectivity index (χ3n) is 13.8. The summed E-state index contributed by atoms with van der Waals surface area (Å²) in [6.07, 6.45) is 47.0. The maximum atomic E-state index is 13.0. The Kier molecular flexibility index (Phi) is 45.7. The van der Waals surface area contributed by atoms with Crippen LogP contribution in [0.1, 0.15) is 271 Å². The fourth-order valence-corrected chi connectivity index (χ4v) is 9.13. The topological polar surface area (TPSA) is 175 Å². The van der Waals surface area contributed by atoms with Crippen molar-refractivity contribution in [2.45, 2.75) is 314 Å². The van der Waals surface area contributed by atoms with Crippen LogP contribution in [0.2, 0.25) is 0 Å². The van der Waals surface area contributed by atoms with Crippen molar-refractivity contribution in [3.05, 3.63) is 24.3 Å². The molecule has 11 nitrogen and oxygen atoms in total. The Morgan fingerprint density at radius 2 is 0.928 bits per heavy atom. The SMILES string of the molecule is CCCCCCCC/C=C\CCCCCCCCCCCC(=O)OCCCCCCCCCCCCCCCC(=O)NC(COC1OC(CO)C(O)C(O)C1O)C(O)/C=C/CCCCCCCCC. The number of carbonyl (C=O) groups is 2. The molecule has 1 rings (SSSR count). The molecule has 0 spiro atoms. The van der Waals surface area contributed by atoms with Crippen LogP contribution in [0.5, 0.6) is 0 Å². The van der Waals surface area contributed by atoms with Crippen LogP contribution in [0.25, 0.3) is 0 Å². The summed E-state index contributed by atoms with van der Waals surface area (Å²) in [5, 5.41) is 54.2. The third-order valence-corrected chi connectivity index (χ3v) is 13.8. The van der Waals surface area contributed by atoms with E-state index in [-0.39, 0.29) is 18.5 Å². The van der Waals surface area contributed by atoms with Crippen molar-refractivity contribution in [3.63, 3.8) is 0 Å². The molecular weight excluding hydrogens is 871 g/mol. The second-order valence-corrected chi connectivity index (χ2v) is 20.3. The second kappa shape index (κ2) is 48.4. The average molecular weight is 981 g/mol. The van der Waals surface area contributed by atoms with Gasteiger partial charge in [-0.15, -0.1) is 0 Å². The molecule has 69 heavy (non-hydrogen) atoms. The van der Waals surface area contributed by atoms with Gasteiger partial charge in [0.05, 0.1) is 32.0 Å². The van der Waals surface area contributed by atoms with Crippen molar-refractivity contribution >= 4 is 11.9 Å². The predicted octanol–water partition coefficient (Wildman–Crippen LogP) is 12.9. The molecule has 7 atom stereocenters. The van der Waals surface area contributed by atoms with E-state index in [0.29, 0.717) is 19.4 Å². The van der Waals surface area contributed by atoms with Crippen molar-refractivity contribution in [1.82, 2.24) is 5.32 Å². The molecule has 0 aromatic carbocycles. The standard InChI is InChI=1S/C58H109NO10/c1-3-5-7-9-11-13-14-15-16-17-18-19-20-23-26-30-34-38-42-46-54(63)67-47-43-39-35-31-27-24-21-22-25-29-33-37-41-45-53(62)59-50(51(61)44-40-36-32-28-12-10-8-6-4-2)49-68-58-57(66)56(65)55(64)52(48-60)69-58/h15-16,40,44,50-52,55-58,60-61,64-66H,3-14,17-39,41-43,45-49H2,1-2H3,(H,59,62)/b16-15-,44-40+. The van der Waals surface area contributed by atoms with Crippen LogP contribution in [0.15, 0.2) is 24.3 Å². The van der Waals surface area contributed by atoms with E-state index in [4.69, 9.17) is 14.2 Å². The van der Waals surface area contributed by atoms with E-state index in [9.17, 15) is 35.1 Å². The Labute approximate surface area is 422 Å². The molecule has 0 aromatic heterocycles. The molecule has 0 aromatic rings. The molecule has 0 bridgehead atoms. The van der Waals surface area contributed by atoms with Crippen molar-refractivity contribution in [2.75, 3.05) is 19.8 Å². The van der Waals surface area contributed by atoms with Crippen molar-refractivity contribution in [2.24, 2.45) is 0 Å². The van der Waals surface area contributed by atoms with Gasteiger partial charge in [0.2, 0.25) is 5.91 Å². The summed E-state index contributed by atoms with van der Waals surface area (Å²) in [5.41, 5.74) is 0. The summed E-state index contributed by atoms with van der Waals surface area (Å²) in [4.78, 5) is 25.1. The highest BCUT2D eigenvalue weighted by molar-refractivity contribution is 5.76. The first-order chi connectivity index (χ1) is 33.7. The number of aliphatic hydroxyl groups excluding tert-OH is 5. The number of hydrogen-bond donors (Lipinski definition) is 6. The fraction of sp³-hybridized carbons (Fsp3) is 0.897. The van der Waals surface area contributed by atoms with Crippen LogP contribution in [0.3, 0.4) is 0 Å². The van der Waals surface area contributed by atoms with Crippen LogP contribution in [0, 0.1) is 0 Å². The highest BCUT2D eigenvalue weighted by atomic mass is 16.7. The first-order valence-electron chi connectivity index (χ1n) is 29.1. The van der Waals surface area contributed by atoms with Crippen LogP contribution in [-0.2, 0) is 23.8 Å². The number of amides is 1. The molecule has 1 aliphatic rings. The molecule has 6 N–H and O–H groups in total. The number of rotatable bonds is 50. The van der Waals surface area contributed by atoms with Crippen LogP contribution >= 0.6 is 0 Å². The summed E-state index contributed by atoms with van der Waals surface area (Å²) in [5.74, 6) is -0.225. The van der Waals surface area contributed by atoms with Crippen LogP contribution < -0.4 is 5.32 Å². The number of ether oxygens (including phenoxy) is 3. The predicted molar refractivity (Wildman–Crippen MR) is 283 cm³/mol. The number of aliphatic hydroxyl groups is 5. The van der Waals surface area contributed by atoms with E-state index in [1.54, 1.807) is 6.08 Å². The lowest BCUT2D eigenvalue weighted by Gasteiger charge is -2.40. The minimum atomic E-state index is -1.57. The minimum absolute atomic E-state index is 0.0283. The molecule has 0 radical (unpaired) electrons. The molecule has 1 amide bonds. The maximum absolute atomic E-state index is 13.0. The van der Waals surface area contributed by atoms with E-state index < -0.39 is 49.5 Å². The lowest BCUT2D eigenvalue weighted by Crippen LogP contribution is -2.60. The smallest absolute Gasteiger partial charge is 0.305 e. The van der Waals surface area contributed by atoms with Gasteiger partial charge in [-0.1, -0.05) is 224 Å². The van der Waals surface area contributed by atoms with E-state index in [1.807, 2.05) is 6.08 Å². The number of allylic oxidation sites excluding steroid dienone is 3. The zero-order chi connectivity index (χ0) is 50.3. The van der Waals surface area contributed by atoms with Gasteiger partial charge in [-0.2, -0.15) is 0 Å². The first kappa shape index (κ1) is 65.2. The molecule has 1 fully saturated rings. The summed E-state index contributed by atoms with van der Waals surface area (Å²) >= 11 is 0. The third kappa shape index (κ3) is 38.4. The number of esters is 1. The number of hydrogen-bond acceptors (Lipinski definition) is 10. The monoisotopic (exact) mass is 980 g/mol. The van der Waals surface area contributed by atoms with Crippen molar-refractivity contribution < 1.29 is 49.3 Å². The van der Waals surface area contributed by atoms with Gasteiger partial charge in [-0.05, 0) is 57.8 Å². The maximum Gasteiger partial charge on any atom is 0.305 e. The van der Waals surface area contributed by atoms with Gasteiger partial charge in [0.1, 0.15) is 24.4 Å². The van der Waals surface area contributed by atoms with Gasteiger partial charge in [0, 0.05) is 12.8 Å². The molecule has 1 heterocycles. The largest absolute Gasteiger partial charge is 0.466 e. The Morgan fingerprint density at radius 3 is 1.39 bits per heavy atom. The molecule has 0 saturated carbocycles. The Hall–Kier alpha value is -1.86. The Bertz CT molecular complexity index is 1200. The quantitative estimate of drug-likeness (QED) is 0.0196. The summed E-state index contributed by atoms with van der Waals surface area (Å²) in [7, 11) is 0. The molecule has 1 saturated heterocycles. The summed E-state index contributed by atoms with van der Waals surface area (Å²) < 4.78 is 16.7. The normalized spacial score (nSPS) is 19.4. The fourth-order valence-electron chi connectivity index (χ4n) is 9.13. The van der Waals surface area contributed by atoms with Crippen LogP contribution in [-0.4, -0.2) is 100 Å². The number of carbonyl (C=O) groups excluding carboxylic acids is 2. The summed E-state index contributed by atoms with van der Waals surface area (Å²) in [6, 6.07) is -0.818. The molecule has 0 aliphatic carbocycles. The molecular formula is C58H109NO10. The first-order valence-corrected chi connectivity index (χ1v) is 29.1. The number of unbranched alkanes of at least 4 members (excludes halogenated alkanes) is 34. The van der Waals surface area contributed by atoms with Gasteiger partial charge >= 0.3 is 5.97 Å². The number of nitrogens with one attached hydrogen (secondary N) is 1. The molecule has 406 valence electrons. The zero-order valence-electron chi connectivity index (χ0n) is 44.5. The van der Waals surface area contributed by atoms with E-state index in [1.165, 1.54) is 173 Å². The van der Waals surface area contributed by atoms with Gasteiger partial charge in [0.15, 0.2) is 6.29 Å². The van der Waals surface area contributed by atoms with E-state index in [0.717, 1.165) is 70.6 Å². The lowest BCUT2D eigenvalue weighted by molar-refractivity contribution is -0.302. The van der Waals surface area contributed by atoms with Crippen molar-refractivity contribution in [1.29, 1.82) is 0 Å². The zero-order valence-corrected chi connectivity index (χ0v) is 44.5. The van der Waals surface area contributed by atoms with Gasteiger partial charge in [-0.3, -0.25) is 9.59 Å². The molecule has 1 aliphatic heterocycles. The Balaban J connectivity index is 2.04. The van der Waals surface area contributed by atoms with E-state index >= 15 is 0 Å². The molecule has 7 unspecified atom stereocenters. The van der Waals surface area contributed by atoms with Gasteiger partial charge in [0.25, 0.3) is 0 Å². The Morgan fingerprint density at radius 1 is 0.522 bits per heavy atom. The minimum Gasteiger partial charge on any atom is -0.466 e. The summed E-state index contributed by atoms with van der Waals surface area (Å²) in [6.45, 7) is 4.27. The molecule has 11 heteroatoms. The lowest BCUT2D eigenvalue weighted by atomic mass is 9.99. The van der Waals surface area contributed by atoms with Crippen molar-refractivity contribution in [3.8, 4) is 0 Å². The highest BCUT2D eigenvalue weighted by Gasteiger charge is 2.44. The highest BCUT2D eigenvalue weighted by Crippen LogP contribution is 2.23. The van der Waals surface area contributed by atoms with E-state index in [2.05, 4.69) is 31.3 Å². The second-order valence-electron chi connectivity index (χ2n) is 20.3. The average Bonchev–Trinajstić information content (AvgIpc) is 3.34. The van der Waals surface area contributed by atoms with Crippen LogP contribution in [0.4, 0.5) is 0 Å². The van der Waals surface area contributed by atoms with Gasteiger partial charge in [-0.25, -0.2) is 0 Å².